The molecule has 15 atom stereocenters. The lowest BCUT2D eigenvalue weighted by Crippen LogP contribution is -2.62. The topological polar surface area (TPSA) is 601 Å². The Morgan fingerprint density at radius 1 is 0.449 bits per heavy atom. The molecule has 25 N–H and O–H groups in total. The molecule has 0 aliphatic carbocycles. The van der Waals surface area contributed by atoms with Crippen LogP contribution in [-0.4, -0.2) is 237 Å². The summed E-state index contributed by atoms with van der Waals surface area (Å²) in [5.41, 5.74) is 22.6. The third-order valence-corrected chi connectivity index (χ3v) is 16.0. The molecule has 0 unspecified atom stereocenters. The summed E-state index contributed by atoms with van der Waals surface area (Å²) in [6, 6.07) is -19.1. The van der Waals surface area contributed by atoms with Crippen LogP contribution in [0.25, 0.3) is 0 Å². The SMILES string of the molecule is CC[C@H](C)[C@H](NC(=O)[C@H](CCCN=C(N)N)NC(=O)[C@H](CO)NC(=O)[C@H](CO)NC(=O)[C@H](CC(C)C)NC(=O)[C@H](C)NC(=O)[C@H](C)NC(=O)[C@H](CC(C)C)NC(=O)[C@@H](NC(=O)[C@@H](N)CCSC)[C@@H](C)O)C(=O)N[C@@H](CCC(=O)O)C(=O)N[C@@H](CCCCN)C(=O)N[C@H](C(=O)O)C(C)C. The van der Waals surface area contributed by atoms with Crippen molar-refractivity contribution in [2.24, 2.45) is 51.6 Å². The fourth-order valence-corrected chi connectivity index (χ4v) is 9.81. The molecule has 36 nitrogen and oxygen atoms in total. The first-order valence-electron chi connectivity index (χ1n) is 32.8. The van der Waals surface area contributed by atoms with Gasteiger partial charge in [-0.1, -0.05) is 61.8 Å². The van der Waals surface area contributed by atoms with Crippen LogP contribution in [0.1, 0.15) is 147 Å². The van der Waals surface area contributed by atoms with Gasteiger partial charge in [0.15, 0.2) is 5.96 Å². The van der Waals surface area contributed by atoms with Gasteiger partial charge in [-0.15, -0.1) is 0 Å². The van der Waals surface area contributed by atoms with Gasteiger partial charge >= 0.3 is 11.9 Å². The van der Waals surface area contributed by atoms with Crippen LogP contribution in [0.15, 0.2) is 4.99 Å². The predicted octanol–water partition coefficient (Wildman–Crippen LogP) is -5.78. The highest BCUT2D eigenvalue weighted by Gasteiger charge is 2.38. The van der Waals surface area contributed by atoms with E-state index in [1.165, 1.54) is 32.5 Å². The van der Waals surface area contributed by atoms with E-state index in [4.69, 9.17) is 22.9 Å². The Morgan fingerprint density at radius 3 is 1.26 bits per heavy atom. The molecule has 0 aromatic heterocycles. The summed E-state index contributed by atoms with van der Waals surface area (Å²) in [6.45, 7) is 15.0. The van der Waals surface area contributed by atoms with Crippen molar-refractivity contribution in [1.29, 1.82) is 0 Å². The van der Waals surface area contributed by atoms with Crippen molar-refractivity contribution in [2.75, 3.05) is 38.3 Å². The van der Waals surface area contributed by atoms with Crippen LogP contribution in [0.3, 0.4) is 0 Å². The van der Waals surface area contributed by atoms with Crippen LogP contribution in [0.5, 0.6) is 0 Å². The van der Waals surface area contributed by atoms with E-state index in [1.807, 2.05) is 6.26 Å². The highest BCUT2D eigenvalue weighted by molar-refractivity contribution is 7.98. The molecule has 0 heterocycles. The fraction of sp³-hybridized carbons (Fsp3) is 0.754. The molecule has 37 heteroatoms. The number of carboxylic acid groups (broad SMARTS) is 2. The number of aliphatic hydroxyl groups excluding tert-OH is 3. The van der Waals surface area contributed by atoms with E-state index in [2.05, 4.69) is 68.8 Å². The zero-order valence-corrected chi connectivity index (χ0v) is 59.1. The monoisotopic (exact) mass is 1420 g/mol. The molecule has 0 rings (SSSR count). The van der Waals surface area contributed by atoms with E-state index < -0.39 is 205 Å². The highest BCUT2D eigenvalue weighted by atomic mass is 32.2. The van der Waals surface area contributed by atoms with Crippen molar-refractivity contribution in [3.05, 3.63) is 0 Å². The standard InChI is InChI=1S/C61H111N17O19S/c1-13-32(8)46(58(94)71-39(19-20-44(82)83)51(87)69-37(17-14-15-22-62)52(88)76-45(31(6)7)60(96)97)77-53(89)38(18-16-23-66-61(64)65)70-56(92)42(27-79)75-57(93)43(28-80)74-55(91)41(26-30(4)5)72-49(85)34(10)67-48(84)33(9)68-54(90)40(25-29(2)3)73-59(95)47(35(11)81)78-50(86)36(63)21-24-98-12/h29-43,45-47,79-81H,13-28,62-63H2,1-12H3,(H,67,84)(H,68,90)(H,69,87)(H,70,92)(H,71,94)(H,72,85)(H,73,95)(H,74,91)(H,75,93)(H,76,88)(H,77,89)(H,78,86)(H,82,83)(H,96,97)(H4,64,65,66)/t32-,33-,34-,35+,36-,37-,38-,39-,40-,41-,42-,43-,45-,46-,47-/m0/s1. The third-order valence-electron chi connectivity index (χ3n) is 15.3. The van der Waals surface area contributed by atoms with Crippen LogP contribution in [0.4, 0.5) is 0 Å². The van der Waals surface area contributed by atoms with Gasteiger partial charge in [0.2, 0.25) is 70.9 Å². The Labute approximate surface area is 576 Å². The Morgan fingerprint density at radius 2 is 0.827 bits per heavy atom. The number of carboxylic acids is 2. The molecule has 0 aromatic carbocycles. The number of unbranched alkanes of at least 4 members (excludes halogenated alkanes) is 1. The maximum absolute atomic E-state index is 14.3. The van der Waals surface area contributed by atoms with Gasteiger partial charge in [-0.25, -0.2) is 4.79 Å². The zero-order chi connectivity index (χ0) is 75.3. The Bertz CT molecular complexity index is 2670. The van der Waals surface area contributed by atoms with Crippen LogP contribution >= 0.6 is 11.8 Å². The Balaban J connectivity index is 6.57. The molecule has 560 valence electrons. The number of nitrogens with two attached hydrogens (primary N) is 4. The summed E-state index contributed by atoms with van der Waals surface area (Å²) in [7, 11) is 0. The summed E-state index contributed by atoms with van der Waals surface area (Å²) in [5.74, 6) is -15.8. The van der Waals surface area contributed by atoms with Gasteiger partial charge in [-0.3, -0.25) is 67.3 Å². The number of nitrogens with one attached hydrogen (secondary N) is 12. The number of nitrogens with zero attached hydrogens (tertiary/aromatic N) is 1. The van der Waals surface area contributed by atoms with Crippen molar-refractivity contribution in [3.8, 4) is 0 Å². The molecule has 98 heavy (non-hydrogen) atoms. The number of hydrogen-bond donors (Lipinski definition) is 21. The number of aliphatic imine (C=N–C) groups is 1. The minimum absolute atomic E-state index is 0.00167. The zero-order valence-electron chi connectivity index (χ0n) is 58.3. The van der Waals surface area contributed by atoms with E-state index in [9.17, 15) is 92.7 Å². The van der Waals surface area contributed by atoms with Gasteiger partial charge in [0.05, 0.1) is 25.4 Å². The van der Waals surface area contributed by atoms with Gasteiger partial charge < -0.3 is 112 Å². The van der Waals surface area contributed by atoms with Crippen LogP contribution in [0.2, 0.25) is 0 Å². The largest absolute Gasteiger partial charge is 0.481 e. The lowest BCUT2D eigenvalue weighted by atomic mass is 9.96. The van der Waals surface area contributed by atoms with Crippen molar-refractivity contribution in [1.82, 2.24) is 63.8 Å². The van der Waals surface area contributed by atoms with Gasteiger partial charge in [0.25, 0.3) is 0 Å². The second kappa shape index (κ2) is 47.1. The number of aliphatic hydroxyl groups is 3. The first-order chi connectivity index (χ1) is 45.8. The molecule has 0 aliphatic heterocycles. The number of carbonyl (C=O) groups is 14. The number of thioether (sulfide) groups is 1. The van der Waals surface area contributed by atoms with E-state index in [0.717, 1.165) is 0 Å². The Kier molecular flexibility index (Phi) is 43.2. The van der Waals surface area contributed by atoms with Crippen LogP contribution in [0, 0.1) is 23.7 Å². The van der Waals surface area contributed by atoms with E-state index in [0.29, 0.717) is 25.0 Å². The molecular weight excluding hydrogens is 1310 g/mol. The minimum atomic E-state index is -1.89. The Hall–Kier alpha value is -8.00. The van der Waals surface area contributed by atoms with Gasteiger partial charge in [0.1, 0.15) is 72.5 Å². The average Bonchev–Trinajstić information content (AvgIpc) is 0.868. The highest BCUT2D eigenvalue weighted by Crippen LogP contribution is 2.15. The van der Waals surface area contributed by atoms with E-state index in [1.54, 1.807) is 55.4 Å². The van der Waals surface area contributed by atoms with Crippen LogP contribution in [-0.2, 0) is 67.1 Å². The van der Waals surface area contributed by atoms with Crippen molar-refractivity contribution < 1.29 is 92.7 Å². The van der Waals surface area contributed by atoms with Crippen molar-refractivity contribution in [3.63, 3.8) is 0 Å². The number of hydrogen-bond acceptors (Lipinski definition) is 21. The van der Waals surface area contributed by atoms with Crippen molar-refractivity contribution in [2.45, 2.75) is 231 Å². The van der Waals surface area contributed by atoms with E-state index >= 15 is 0 Å². The molecule has 0 aromatic rings. The molecule has 12 amide bonds. The van der Waals surface area contributed by atoms with E-state index in [-0.39, 0.29) is 69.4 Å². The van der Waals surface area contributed by atoms with Crippen molar-refractivity contribution >= 4 is 101 Å². The molecule has 0 fully saturated rings. The number of aliphatic carboxylic acids is 2. The fourth-order valence-electron chi connectivity index (χ4n) is 9.32. The number of carbonyl (C=O) groups excluding carboxylic acids is 12. The molecule has 0 saturated carbocycles. The molecular formula is C61H111N17O19S. The lowest BCUT2D eigenvalue weighted by Gasteiger charge is -2.29. The maximum atomic E-state index is 14.3. The molecule has 0 aliphatic rings. The summed E-state index contributed by atoms with van der Waals surface area (Å²) in [5, 5.41) is 79.7. The summed E-state index contributed by atoms with van der Waals surface area (Å²) in [6.07, 6.45) is 0.161. The molecule has 0 saturated heterocycles. The number of rotatable bonds is 49. The smallest absolute Gasteiger partial charge is 0.326 e. The second-order valence-electron chi connectivity index (χ2n) is 25.2. The van der Waals surface area contributed by atoms with Gasteiger partial charge in [0, 0.05) is 13.0 Å². The number of guanidine groups is 1. The number of amides is 12. The predicted molar refractivity (Wildman–Crippen MR) is 362 cm³/mol. The summed E-state index contributed by atoms with van der Waals surface area (Å²) in [4.78, 5) is 192. The minimum Gasteiger partial charge on any atom is -0.481 e. The molecule has 0 radical (unpaired) electrons. The second-order valence-corrected chi connectivity index (χ2v) is 26.2. The first-order valence-corrected chi connectivity index (χ1v) is 34.2. The maximum Gasteiger partial charge on any atom is 0.326 e. The van der Waals surface area contributed by atoms with Crippen LogP contribution < -0.4 is 86.7 Å². The summed E-state index contributed by atoms with van der Waals surface area (Å²) < 4.78 is 0. The first kappa shape index (κ1) is 90.0. The van der Waals surface area contributed by atoms with Gasteiger partial charge in [-0.05, 0) is 121 Å². The van der Waals surface area contributed by atoms with Gasteiger partial charge in [-0.2, -0.15) is 11.8 Å². The normalized spacial score (nSPS) is 15.9. The average molecular weight is 1420 g/mol. The third kappa shape index (κ3) is 34.5. The summed E-state index contributed by atoms with van der Waals surface area (Å²) >= 11 is 1.46. The lowest BCUT2D eigenvalue weighted by molar-refractivity contribution is -0.143. The quantitative estimate of drug-likeness (QED) is 0.0153. The molecule has 0 bridgehead atoms. The molecule has 0 spiro atoms.